The van der Waals surface area contributed by atoms with Crippen LogP contribution >= 0.6 is 22.6 Å². The van der Waals surface area contributed by atoms with Crippen LogP contribution in [-0.4, -0.2) is 4.57 Å². The second-order valence-corrected chi connectivity index (χ2v) is 4.27. The highest BCUT2D eigenvalue weighted by Gasteiger charge is 1.99. The number of nitrogens with zero attached hydrogens (tertiary/aromatic N) is 1. The van der Waals surface area contributed by atoms with E-state index in [9.17, 15) is 0 Å². The molecule has 0 saturated carbocycles. The summed E-state index contributed by atoms with van der Waals surface area (Å²) in [5.74, 6) is 0. The lowest BCUT2D eigenvalue weighted by Gasteiger charge is -2.06. The molecule has 1 heterocycles. The minimum atomic E-state index is 1.26. The Labute approximate surface area is 91.5 Å². The van der Waals surface area contributed by atoms with Crippen molar-refractivity contribution in [3.05, 3.63) is 51.9 Å². The normalized spacial score (nSPS) is 10.3. The molecule has 0 fully saturated rings. The fourth-order valence-electron chi connectivity index (χ4n) is 1.40. The van der Waals surface area contributed by atoms with Crippen LogP contribution in [0.4, 0.5) is 0 Å². The number of aryl methyl sites for hydroxylation is 1. The maximum Gasteiger partial charge on any atom is 0.0479 e. The molecular formula is C11H10IN. The van der Waals surface area contributed by atoms with Crippen molar-refractivity contribution < 1.29 is 0 Å². The Morgan fingerprint density at radius 1 is 1.15 bits per heavy atom. The van der Waals surface area contributed by atoms with E-state index < -0.39 is 0 Å². The molecule has 0 amide bonds. The van der Waals surface area contributed by atoms with Crippen LogP contribution in [0.1, 0.15) is 5.56 Å². The Bertz CT molecular complexity index is 404. The van der Waals surface area contributed by atoms with Crippen LogP contribution in [0.2, 0.25) is 0 Å². The minimum absolute atomic E-state index is 1.26. The Kier molecular flexibility index (Phi) is 2.40. The minimum Gasteiger partial charge on any atom is -0.324 e. The first-order valence-electron chi connectivity index (χ1n) is 4.17. The Morgan fingerprint density at radius 3 is 2.46 bits per heavy atom. The van der Waals surface area contributed by atoms with Crippen molar-refractivity contribution in [3.8, 4) is 5.69 Å². The zero-order valence-electron chi connectivity index (χ0n) is 7.37. The van der Waals surface area contributed by atoms with Crippen LogP contribution in [0.5, 0.6) is 0 Å². The standard InChI is InChI=1S/C11H10IN/c1-9-8-10(12)4-5-11(9)13-6-2-3-7-13/h2-8H,1H3. The van der Waals surface area contributed by atoms with E-state index in [0.717, 1.165) is 0 Å². The van der Waals surface area contributed by atoms with Crippen LogP contribution in [0, 0.1) is 10.5 Å². The summed E-state index contributed by atoms with van der Waals surface area (Å²) in [6, 6.07) is 10.5. The number of aromatic nitrogens is 1. The molecule has 1 aromatic heterocycles. The first-order chi connectivity index (χ1) is 6.27. The lowest BCUT2D eigenvalue weighted by Crippen LogP contribution is -1.93. The number of rotatable bonds is 1. The average molecular weight is 283 g/mol. The van der Waals surface area contributed by atoms with Crippen molar-refractivity contribution >= 4 is 22.6 Å². The van der Waals surface area contributed by atoms with E-state index in [1.807, 2.05) is 12.1 Å². The summed E-state index contributed by atoms with van der Waals surface area (Å²) in [5, 5.41) is 0. The summed E-state index contributed by atoms with van der Waals surface area (Å²) >= 11 is 2.33. The lowest BCUT2D eigenvalue weighted by molar-refractivity contribution is 1.06. The number of hydrogen-bond donors (Lipinski definition) is 0. The molecule has 0 radical (unpaired) electrons. The molecule has 0 unspecified atom stereocenters. The molecule has 2 rings (SSSR count). The SMILES string of the molecule is Cc1cc(I)ccc1-n1cccc1. The third kappa shape index (κ3) is 1.77. The van der Waals surface area contributed by atoms with E-state index in [1.165, 1.54) is 14.8 Å². The predicted octanol–water partition coefficient (Wildman–Crippen LogP) is 3.39. The maximum atomic E-state index is 2.33. The predicted molar refractivity (Wildman–Crippen MR) is 63.2 cm³/mol. The quantitative estimate of drug-likeness (QED) is 0.707. The fraction of sp³-hybridized carbons (Fsp3) is 0.0909. The summed E-state index contributed by atoms with van der Waals surface area (Å²) in [5.41, 5.74) is 2.56. The van der Waals surface area contributed by atoms with Crippen LogP contribution in [0.25, 0.3) is 5.69 Å². The van der Waals surface area contributed by atoms with Gasteiger partial charge >= 0.3 is 0 Å². The van der Waals surface area contributed by atoms with E-state index >= 15 is 0 Å². The lowest BCUT2D eigenvalue weighted by atomic mass is 10.2. The molecule has 2 aromatic rings. The third-order valence-corrected chi connectivity index (χ3v) is 2.71. The molecule has 13 heavy (non-hydrogen) atoms. The molecular weight excluding hydrogens is 273 g/mol. The van der Waals surface area contributed by atoms with Crippen molar-refractivity contribution in [1.29, 1.82) is 0 Å². The highest BCUT2D eigenvalue weighted by atomic mass is 127. The van der Waals surface area contributed by atoms with E-state index in [-0.39, 0.29) is 0 Å². The van der Waals surface area contributed by atoms with Crippen molar-refractivity contribution in [2.24, 2.45) is 0 Å². The Morgan fingerprint density at radius 2 is 1.85 bits per heavy atom. The Hall–Kier alpha value is -0.770. The van der Waals surface area contributed by atoms with Crippen molar-refractivity contribution in [2.75, 3.05) is 0 Å². The maximum absolute atomic E-state index is 2.33. The van der Waals surface area contributed by atoms with Gasteiger partial charge in [0.15, 0.2) is 0 Å². The van der Waals surface area contributed by atoms with Gasteiger partial charge < -0.3 is 4.57 Å². The molecule has 0 aliphatic rings. The summed E-state index contributed by atoms with van der Waals surface area (Å²) in [4.78, 5) is 0. The van der Waals surface area contributed by atoms with Gasteiger partial charge in [-0.2, -0.15) is 0 Å². The van der Waals surface area contributed by atoms with Crippen LogP contribution < -0.4 is 0 Å². The number of benzene rings is 1. The second-order valence-electron chi connectivity index (χ2n) is 3.02. The number of hydrogen-bond acceptors (Lipinski definition) is 0. The van der Waals surface area contributed by atoms with Gasteiger partial charge in [-0.1, -0.05) is 0 Å². The van der Waals surface area contributed by atoms with Gasteiger partial charge in [0.1, 0.15) is 0 Å². The van der Waals surface area contributed by atoms with Gasteiger partial charge in [-0.15, -0.1) is 0 Å². The van der Waals surface area contributed by atoms with Crippen molar-refractivity contribution in [2.45, 2.75) is 6.92 Å². The van der Waals surface area contributed by atoms with E-state index in [4.69, 9.17) is 0 Å². The van der Waals surface area contributed by atoms with Gasteiger partial charge in [0, 0.05) is 21.7 Å². The molecule has 0 aliphatic carbocycles. The molecule has 0 atom stereocenters. The molecule has 1 aromatic carbocycles. The van der Waals surface area contributed by atoms with E-state index in [1.54, 1.807) is 0 Å². The average Bonchev–Trinajstić information content (AvgIpc) is 2.56. The van der Waals surface area contributed by atoms with Gasteiger partial charge in [0.05, 0.1) is 0 Å². The van der Waals surface area contributed by atoms with E-state index in [2.05, 4.69) is 64.7 Å². The molecule has 0 bridgehead atoms. The van der Waals surface area contributed by atoms with Gasteiger partial charge in [0.25, 0.3) is 0 Å². The zero-order chi connectivity index (χ0) is 9.26. The van der Waals surface area contributed by atoms with Crippen LogP contribution in [-0.2, 0) is 0 Å². The second kappa shape index (κ2) is 3.54. The molecule has 2 heteroatoms. The van der Waals surface area contributed by atoms with Crippen LogP contribution in [0.15, 0.2) is 42.7 Å². The van der Waals surface area contributed by atoms with Crippen LogP contribution in [0.3, 0.4) is 0 Å². The topological polar surface area (TPSA) is 4.93 Å². The van der Waals surface area contributed by atoms with Gasteiger partial charge in [0.2, 0.25) is 0 Å². The first kappa shape index (κ1) is 8.81. The van der Waals surface area contributed by atoms with Crippen molar-refractivity contribution in [3.63, 3.8) is 0 Å². The molecule has 0 aliphatic heterocycles. The number of halogens is 1. The zero-order valence-corrected chi connectivity index (χ0v) is 9.52. The summed E-state index contributed by atoms with van der Waals surface area (Å²) in [6.07, 6.45) is 4.13. The van der Waals surface area contributed by atoms with Gasteiger partial charge in [-0.25, -0.2) is 0 Å². The largest absolute Gasteiger partial charge is 0.324 e. The molecule has 1 nitrogen and oxygen atoms in total. The molecule has 66 valence electrons. The molecule has 0 spiro atoms. The summed E-state index contributed by atoms with van der Waals surface area (Å²) in [6.45, 7) is 2.14. The highest BCUT2D eigenvalue weighted by Crippen LogP contribution is 2.16. The first-order valence-corrected chi connectivity index (χ1v) is 5.25. The Balaban J connectivity index is 2.53. The van der Waals surface area contributed by atoms with Gasteiger partial charge in [-0.3, -0.25) is 0 Å². The van der Waals surface area contributed by atoms with Gasteiger partial charge in [-0.05, 0) is 65.4 Å². The summed E-state index contributed by atoms with van der Waals surface area (Å²) in [7, 11) is 0. The summed E-state index contributed by atoms with van der Waals surface area (Å²) < 4.78 is 3.41. The molecule has 0 saturated heterocycles. The highest BCUT2D eigenvalue weighted by molar-refractivity contribution is 14.1. The molecule has 0 N–H and O–H groups in total. The smallest absolute Gasteiger partial charge is 0.0479 e. The van der Waals surface area contributed by atoms with E-state index in [0.29, 0.717) is 0 Å². The monoisotopic (exact) mass is 283 g/mol. The van der Waals surface area contributed by atoms with Crippen molar-refractivity contribution in [1.82, 2.24) is 4.57 Å². The fourth-order valence-corrected chi connectivity index (χ4v) is 2.05. The third-order valence-electron chi connectivity index (χ3n) is 2.04.